The van der Waals surface area contributed by atoms with E-state index in [0.717, 1.165) is 5.56 Å². The van der Waals surface area contributed by atoms with Gasteiger partial charge in [-0.05, 0) is 34.9 Å². The van der Waals surface area contributed by atoms with Crippen LogP contribution in [0.3, 0.4) is 0 Å². The number of carbonyl (C=O) groups is 1. The van der Waals surface area contributed by atoms with Crippen molar-refractivity contribution in [1.29, 1.82) is 0 Å². The third-order valence-corrected chi connectivity index (χ3v) is 6.12. The summed E-state index contributed by atoms with van der Waals surface area (Å²) in [5, 5.41) is 48.6. The normalized spacial score (nSPS) is 23.9. The summed E-state index contributed by atoms with van der Waals surface area (Å²) < 4.78 is 0. The fraction of sp³-hybridized carbons (Fsp3) is 0.192. The highest BCUT2D eigenvalue weighted by atomic mass is 16.6. The first-order valence-corrected chi connectivity index (χ1v) is 11.2. The number of non-ortho nitro benzene ring substituents is 1. The van der Waals surface area contributed by atoms with Crippen molar-refractivity contribution in [2.75, 3.05) is 0 Å². The topological polar surface area (TPSA) is 148 Å². The second-order valence-electron chi connectivity index (χ2n) is 8.32. The van der Waals surface area contributed by atoms with E-state index in [1.807, 2.05) is 30.3 Å². The van der Waals surface area contributed by atoms with Gasteiger partial charge < -0.3 is 20.2 Å². The van der Waals surface area contributed by atoms with Gasteiger partial charge in [0.2, 0.25) is 5.91 Å². The molecule has 5 N–H and O–H groups in total. The second-order valence-corrected chi connectivity index (χ2v) is 8.32. The van der Waals surface area contributed by atoms with Crippen molar-refractivity contribution in [3.63, 3.8) is 0 Å². The smallest absolute Gasteiger partial charge is 0.269 e. The maximum absolute atomic E-state index is 13.7. The summed E-state index contributed by atoms with van der Waals surface area (Å²) in [6, 6.07) is 23.4. The van der Waals surface area contributed by atoms with Gasteiger partial charge in [-0.3, -0.25) is 25.5 Å². The molecule has 186 valence electrons. The van der Waals surface area contributed by atoms with Crippen LogP contribution in [0.2, 0.25) is 0 Å². The van der Waals surface area contributed by atoms with E-state index >= 15 is 0 Å². The highest BCUT2D eigenvalue weighted by molar-refractivity contribution is 5.92. The van der Waals surface area contributed by atoms with E-state index in [0.29, 0.717) is 11.1 Å². The van der Waals surface area contributed by atoms with Crippen molar-refractivity contribution >= 4 is 17.7 Å². The zero-order chi connectivity index (χ0) is 25.7. The second kappa shape index (κ2) is 10.8. The average molecular weight is 491 g/mol. The molecular weight excluding hydrogens is 464 g/mol. The number of rotatable bonds is 7. The summed E-state index contributed by atoms with van der Waals surface area (Å²) in [5.41, 5.74) is -0.0665. The first kappa shape index (κ1) is 25.2. The van der Waals surface area contributed by atoms with E-state index < -0.39 is 35.2 Å². The van der Waals surface area contributed by atoms with E-state index in [9.17, 15) is 30.2 Å². The van der Waals surface area contributed by atoms with Crippen LogP contribution in [-0.2, 0) is 16.9 Å². The van der Waals surface area contributed by atoms with Gasteiger partial charge in [0, 0.05) is 24.8 Å². The number of hydrogen-bond donors (Lipinski definition) is 5. The van der Waals surface area contributed by atoms with Crippen LogP contribution in [0.15, 0.2) is 91.0 Å². The molecule has 3 aromatic rings. The van der Waals surface area contributed by atoms with Gasteiger partial charge in [-0.25, -0.2) is 0 Å². The number of hydrogen-bond acceptors (Lipinski definition) is 8. The molecule has 2 unspecified atom stereocenters. The monoisotopic (exact) mass is 490 g/mol. The van der Waals surface area contributed by atoms with Crippen molar-refractivity contribution in [3.05, 3.63) is 118 Å². The van der Waals surface area contributed by atoms with Crippen molar-refractivity contribution in [2.24, 2.45) is 0 Å². The third kappa shape index (κ3) is 5.03. The van der Waals surface area contributed by atoms with Crippen LogP contribution in [-0.4, -0.2) is 49.9 Å². The summed E-state index contributed by atoms with van der Waals surface area (Å²) in [4.78, 5) is 25.5. The Bertz CT molecular complexity index is 1210. The zero-order valence-electron chi connectivity index (χ0n) is 19.1. The van der Waals surface area contributed by atoms with Crippen LogP contribution in [0.25, 0.3) is 6.08 Å². The Morgan fingerprint density at radius 3 is 2.03 bits per heavy atom. The SMILES string of the molecule is O=C(C=Cc1ccc([N+](=O)[O-])cc1)N(Cc1ccccc1)C1(c2ccccc2)C(O)NC(O)NC1O. The third-order valence-electron chi connectivity index (χ3n) is 6.12. The fourth-order valence-corrected chi connectivity index (χ4v) is 4.34. The van der Waals surface area contributed by atoms with Crippen LogP contribution in [0.1, 0.15) is 16.7 Å². The van der Waals surface area contributed by atoms with Gasteiger partial charge in [-0.1, -0.05) is 60.7 Å². The van der Waals surface area contributed by atoms with Crippen molar-refractivity contribution in [1.82, 2.24) is 15.5 Å². The Morgan fingerprint density at radius 1 is 0.917 bits per heavy atom. The molecule has 1 heterocycles. The molecule has 0 spiro atoms. The van der Waals surface area contributed by atoms with Crippen molar-refractivity contribution in [2.45, 2.75) is 30.9 Å². The standard InChI is InChI=1S/C26H26N4O6/c31-22(16-13-18-11-14-21(15-12-18)30(35)36)29(17-19-7-3-1-4-8-19)26(20-9-5-2-6-10-20)23(32)27-25(34)28-24(26)33/h1-16,23-25,27-28,32-34H,17H2. The molecule has 0 saturated carbocycles. The van der Waals surface area contributed by atoms with Crippen molar-refractivity contribution < 1.29 is 25.0 Å². The molecular formula is C26H26N4O6. The van der Waals surface area contributed by atoms with E-state index in [1.54, 1.807) is 30.3 Å². The number of aliphatic hydroxyl groups excluding tert-OH is 3. The zero-order valence-corrected chi connectivity index (χ0v) is 19.1. The maximum atomic E-state index is 13.7. The minimum Gasteiger partial charge on any atom is -0.375 e. The summed E-state index contributed by atoms with van der Waals surface area (Å²) in [5.74, 6) is -0.542. The number of nitrogens with one attached hydrogen (secondary N) is 2. The van der Waals surface area contributed by atoms with Crippen molar-refractivity contribution in [3.8, 4) is 0 Å². The minimum atomic E-state index is -1.73. The molecule has 3 aromatic carbocycles. The average Bonchev–Trinajstić information content (AvgIpc) is 2.88. The summed E-state index contributed by atoms with van der Waals surface area (Å²) >= 11 is 0. The Balaban J connectivity index is 1.78. The van der Waals surface area contributed by atoms with E-state index in [2.05, 4.69) is 10.6 Å². The van der Waals surface area contributed by atoms with E-state index in [-0.39, 0.29) is 12.2 Å². The van der Waals surface area contributed by atoms with Gasteiger partial charge in [-0.15, -0.1) is 0 Å². The highest BCUT2D eigenvalue weighted by Gasteiger charge is 2.56. The summed E-state index contributed by atoms with van der Waals surface area (Å²) in [6.07, 6.45) is -1.73. The molecule has 1 aliphatic rings. The Morgan fingerprint density at radius 2 is 1.47 bits per heavy atom. The fourth-order valence-electron chi connectivity index (χ4n) is 4.34. The molecule has 1 amide bonds. The molecule has 1 fully saturated rings. The molecule has 0 aromatic heterocycles. The molecule has 4 rings (SSSR count). The van der Waals surface area contributed by atoms with E-state index in [1.165, 1.54) is 41.3 Å². The summed E-state index contributed by atoms with van der Waals surface area (Å²) in [6.45, 7) is 0.0206. The lowest BCUT2D eigenvalue weighted by atomic mass is 9.82. The number of amides is 1. The molecule has 2 atom stereocenters. The number of aliphatic hydroxyl groups is 3. The molecule has 1 saturated heterocycles. The van der Waals surface area contributed by atoms with Crippen LogP contribution >= 0.6 is 0 Å². The lowest BCUT2D eigenvalue weighted by molar-refractivity contribution is -0.384. The van der Waals surface area contributed by atoms with Gasteiger partial charge in [0.25, 0.3) is 5.69 Å². The molecule has 0 bridgehead atoms. The lowest BCUT2D eigenvalue weighted by Gasteiger charge is -2.53. The number of benzene rings is 3. The van der Waals surface area contributed by atoms with Gasteiger partial charge in [0.05, 0.1) is 4.92 Å². The Kier molecular flexibility index (Phi) is 7.53. The first-order valence-electron chi connectivity index (χ1n) is 11.2. The number of nitro benzene ring substituents is 1. The molecule has 0 aliphatic carbocycles. The Hall–Kier alpha value is -3.93. The molecule has 36 heavy (non-hydrogen) atoms. The van der Waals surface area contributed by atoms with Crippen LogP contribution in [0, 0.1) is 10.1 Å². The van der Waals surface area contributed by atoms with Gasteiger partial charge >= 0.3 is 0 Å². The number of nitrogens with zero attached hydrogens (tertiary/aromatic N) is 2. The van der Waals surface area contributed by atoms with Gasteiger partial charge in [-0.2, -0.15) is 0 Å². The highest BCUT2D eigenvalue weighted by Crippen LogP contribution is 2.38. The summed E-state index contributed by atoms with van der Waals surface area (Å²) in [7, 11) is 0. The maximum Gasteiger partial charge on any atom is 0.269 e. The number of carbonyl (C=O) groups excluding carboxylic acids is 1. The van der Waals surface area contributed by atoms with Gasteiger partial charge in [0.1, 0.15) is 18.0 Å². The minimum absolute atomic E-state index is 0.0206. The van der Waals surface area contributed by atoms with E-state index in [4.69, 9.17) is 0 Å². The largest absolute Gasteiger partial charge is 0.375 e. The van der Waals surface area contributed by atoms with Crippen LogP contribution < -0.4 is 10.6 Å². The number of nitro groups is 1. The van der Waals surface area contributed by atoms with Gasteiger partial charge in [0.15, 0.2) is 6.35 Å². The quantitative estimate of drug-likeness (QED) is 0.191. The van der Waals surface area contributed by atoms with Crippen LogP contribution in [0.5, 0.6) is 0 Å². The molecule has 0 radical (unpaired) electrons. The first-order chi connectivity index (χ1) is 17.3. The Labute approximate surface area is 207 Å². The molecule has 1 aliphatic heterocycles. The predicted molar refractivity (Wildman–Crippen MR) is 132 cm³/mol. The molecule has 10 heteroatoms. The van der Waals surface area contributed by atoms with Crippen LogP contribution in [0.4, 0.5) is 5.69 Å². The molecule has 10 nitrogen and oxygen atoms in total. The lowest BCUT2D eigenvalue weighted by Crippen LogP contribution is -2.76. The predicted octanol–water partition coefficient (Wildman–Crippen LogP) is 1.64.